The number of hydrogen-bond acceptors (Lipinski definition) is 4. The zero-order chi connectivity index (χ0) is 21.8. The summed E-state index contributed by atoms with van der Waals surface area (Å²) in [6.45, 7) is 0.714. The fourth-order valence-corrected chi connectivity index (χ4v) is 2.30. The number of amides is 1. The molecule has 1 atom stereocenters. The van der Waals surface area contributed by atoms with Crippen molar-refractivity contribution < 1.29 is 40.7 Å². The molecule has 2 N–H and O–H groups in total. The fourth-order valence-electron chi connectivity index (χ4n) is 2.30. The molecule has 2 aromatic rings. The van der Waals surface area contributed by atoms with Gasteiger partial charge in [-0.05, 0) is 37.3 Å². The lowest BCUT2D eigenvalue weighted by Crippen LogP contribution is -2.69. The number of anilines is 1. The van der Waals surface area contributed by atoms with Crippen LogP contribution in [0.2, 0.25) is 0 Å². The SMILES string of the molecule is CCOC(=O)C(NC(=O)c1cccc(F)c1)(Nc1ccc(F)cc1F)C(F)(F)F. The molecule has 0 bridgehead atoms. The first-order valence-corrected chi connectivity index (χ1v) is 8.05. The molecule has 156 valence electrons. The first kappa shape index (κ1) is 22.1. The topological polar surface area (TPSA) is 67.4 Å². The molecule has 11 heteroatoms. The predicted octanol–water partition coefficient (Wildman–Crippen LogP) is 3.77. The molecule has 0 aliphatic rings. The Morgan fingerprint density at radius 2 is 1.66 bits per heavy atom. The third kappa shape index (κ3) is 4.79. The Balaban J connectivity index is 2.55. The standard InChI is InChI=1S/C18H14F6N2O3/c1-2-29-16(28)17(18(22,23)24,25-14-7-6-12(20)9-13(14)21)26-15(27)10-4-3-5-11(19)8-10/h3-9,25H,2H2,1H3,(H,26,27). The number of benzene rings is 2. The van der Waals surface area contributed by atoms with E-state index in [1.165, 1.54) is 12.2 Å². The Morgan fingerprint density at radius 1 is 1.00 bits per heavy atom. The molecule has 0 saturated heterocycles. The van der Waals surface area contributed by atoms with Gasteiger partial charge in [-0.3, -0.25) is 4.79 Å². The van der Waals surface area contributed by atoms with Crippen LogP contribution in [0.4, 0.5) is 32.0 Å². The minimum Gasteiger partial charge on any atom is -0.463 e. The molecular formula is C18H14F6N2O3. The first-order valence-electron chi connectivity index (χ1n) is 8.05. The van der Waals surface area contributed by atoms with E-state index in [0.29, 0.717) is 18.2 Å². The molecular weight excluding hydrogens is 406 g/mol. The van der Waals surface area contributed by atoms with Crippen LogP contribution < -0.4 is 10.6 Å². The quantitative estimate of drug-likeness (QED) is 0.424. The summed E-state index contributed by atoms with van der Waals surface area (Å²) >= 11 is 0. The molecule has 2 rings (SSSR count). The maximum absolute atomic E-state index is 14.0. The molecule has 0 heterocycles. The van der Waals surface area contributed by atoms with Crippen LogP contribution in [0.3, 0.4) is 0 Å². The largest absolute Gasteiger partial charge is 0.463 e. The number of rotatable bonds is 6. The molecule has 5 nitrogen and oxygen atoms in total. The van der Waals surface area contributed by atoms with E-state index in [1.54, 1.807) is 5.32 Å². The smallest absolute Gasteiger partial charge is 0.441 e. The van der Waals surface area contributed by atoms with E-state index in [0.717, 1.165) is 18.2 Å². The zero-order valence-electron chi connectivity index (χ0n) is 14.7. The van der Waals surface area contributed by atoms with E-state index < -0.39 is 59.0 Å². The second-order valence-electron chi connectivity index (χ2n) is 5.68. The van der Waals surface area contributed by atoms with Gasteiger partial charge in [0.05, 0.1) is 12.3 Å². The van der Waals surface area contributed by atoms with Crippen molar-refractivity contribution in [2.45, 2.75) is 18.8 Å². The van der Waals surface area contributed by atoms with Crippen LogP contribution in [0.25, 0.3) is 0 Å². The molecule has 2 aromatic carbocycles. The van der Waals surface area contributed by atoms with Crippen LogP contribution in [-0.4, -0.2) is 30.3 Å². The lowest BCUT2D eigenvalue weighted by atomic mass is 10.1. The number of alkyl halides is 3. The van der Waals surface area contributed by atoms with Crippen molar-refractivity contribution in [3.63, 3.8) is 0 Å². The highest BCUT2D eigenvalue weighted by Gasteiger charge is 2.64. The van der Waals surface area contributed by atoms with Crippen molar-refractivity contribution in [2.75, 3.05) is 11.9 Å². The number of halogens is 6. The number of carbonyl (C=O) groups is 2. The Morgan fingerprint density at radius 3 is 2.21 bits per heavy atom. The van der Waals surface area contributed by atoms with Crippen molar-refractivity contribution in [1.82, 2.24) is 5.32 Å². The van der Waals surface area contributed by atoms with Crippen molar-refractivity contribution >= 4 is 17.6 Å². The lowest BCUT2D eigenvalue weighted by Gasteiger charge is -2.35. The van der Waals surface area contributed by atoms with Gasteiger partial charge in [0.15, 0.2) is 0 Å². The fraction of sp³-hybridized carbons (Fsp3) is 0.222. The molecule has 0 aliphatic carbocycles. The number of nitrogens with one attached hydrogen (secondary N) is 2. The Hall–Kier alpha value is -3.24. The minimum absolute atomic E-state index is 0.281. The summed E-state index contributed by atoms with van der Waals surface area (Å²) in [7, 11) is 0. The second-order valence-corrected chi connectivity index (χ2v) is 5.68. The van der Waals surface area contributed by atoms with Crippen LogP contribution in [0.15, 0.2) is 42.5 Å². The predicted molar refractivity (Wildman–Crippen MR) is 89.3 cm³/mol. The summed E-state index contributed by atoms with van der Waals surface area (Å²) in [5, 5.41) is 2.97. The minimum atomic E-state index is -5.54. The summed E-state index contributed by atoms with van der Waals surface area (Å²) in [6, 6.07) is 5.19. The molecule has 1 amide bonds. The molecule has 1 unspecified atom stereocenters. The van der Waals surface area contributed by atoms with E-state index in [9.17, 15) is 35.9 Å². The highest BCUT2D eigenvalue weighted by Crippen LogP contribution is 2.34. The average molecular weight is 420 g/mol. The normalized spacial score (nSPS) is 13.3. The third-order valence-corrected chi connectivity index (χ3v) is 3.65. The highest BCUT2D eigenvalue weighted by molar-refractivity contribution is 5.99. The van der Waals surface area contributed by atoms with E-state index >= 15 is 0 Å². The Bertz CT molecular complexity index is 919. The molecule has 29 heavy (non-hydrogen) atoms. The van der Waals surface area contributed by atoms with Crippen LogP contribution in [0.5, 0.6) is 0 Å². The first-order chi connectivity index (χ1) is 13.5. The molecule has 0 aliphatic heterocycles. The Kier molecular flexibility index (Phi) is 6.40. The van der Waals surface area contributed by atoms with Crippen molar-refractivity contribution in [2.24, 2.45) is 0 Å². The van der Waals surface area contributed by atoms with Gasteiger partial charge in [0, 0.05) is 11.6 Å². The molecule has 0 fully saturated rings. The van der Waals surface area contributed by atoms with Crippen molar-refractivity contribution in [3.8, 4) is 0 Å². The maximum Gasteiger partial charge on any atom is 0.441 e. The molecule has 0 aromatic heterocycles. The number of ether oxygens (including phenoxy) is 1. The summed E-state index contributed by atoms with van der Waals surface area (Å²) in [5.74, 6) is -6.94. The van der Waals surface area contributed by atoms with Gasteiger partial charge in [-0.2, -0.15) is 13.2 Å². The summed E-state index contributed by atoms with van der Waals surface area (Å²) in [4.78, 5) is 24.6. The van der Waals surface area contributed by atoms with E-state index in [1.807, 2.05) is 0 Å². The monoisotopic (exact) mass is 420 g/mol. The maximum atomic E-state index is 14.0. The third-order valence-electron chi connectivity index (χ3n) is 3.65. The van der Waals surface area contributed by atoms with E-state index in [-0.39, 0.29) is 6.07 Å². The lowest BCUT2D eigenvalue weighted by molar-refractivity contribution is -0.204. The van der Waals surface area contributed by atoms with Crippen molar-refractivity contribution in [3.05, 3.63) is 65.5 Å². The average Bonchev–Trinajstić information content (AvgIpc) is 2.62. The number of hydrogen-bond donors (Lipinski definition) is 2. The van der Waals surface area contributed by atoms with Crippen LogP contribution >= 0.6 is 0 Å². The van der Waals surface area contributed by atoms with Gasteiger partial charge in [0.1, 0.15) is 17.5 Å². The van der Waals surface area contributed by atoms with Gasteiger partial charge < -0.3 is 15.4 Å². The summed E-state index contributed by atoms with van der Waals surface area (Å²) in [5.41, 5.74) is -5.41. The summed E-state index contributed by atoms with van der Waals surface area (Å²) < 4.78 is 86.6. The van der Waals surface area contributed by atoms with Crippen LogP contribution in [0.1, 0.15) is 17.3 Å². The van der Waals surface area contributed by atoms with Gasteiger partial charge >= 0.3 is 17.8 Å². The van der Waals surface area contributed by atoms with Gasteiger partial charge in [0.2, 0.25) is 0 Å². The van der Waals surface area contributed by atoms with Gasteiger partial charge in [-0.1, -0.05) is 6.07 Å². The van der Waals surface area contributed by atoms with E-state index in [2.05, 4.69) is 4.74 Å². The van der Waals surface area contributed by atoms with E-state index in [4.69, 9.17) is 0 Å². The second kappa shape index (κ2) is 8.41. The van der Waals surface area contributed by atoms with Crippen LogP contribution in [0, 0.1) is 17.5 Å². The number of carbonyl (C=O) groups excluding carboxylic acids is 2. The molecule has 0 radical (unpaired) electrons. The zero-order valence-corrected chi connectivity index (χ0v) is 14.7. The number of esters is 1. The van der Waals surface area contributed by atoms with Crippen molar-refractivity contribution in [1.29, 1.82) is 0 Å². The molecule has 0 spiro atoms. The van der Waals surface area contributed by atoms with Gasteiger partial charge in [-0.25, -0.2) is 18.0 Å². The van der Waals surface area contributed by atoms with Crippen LogP contribution in [-0.2, 0) is 9.53 Å². The van der Waals surface area contributed by atoms with Gasteiger partial charge in [0.25, 0.3) is 5.91 Å². The summed E-state index contributed by atoms with van der Waals surface area (Å²) in [6.07, 6.45) is -5.54. The Labute approximate surface area is 160 Å². The molecule has 0 saturated carbocycles. The highest BCUT2D eigenvalue weighted by atomic mass is 19.4. The van der Waals surface area contributed by atoms with Gasteiger partial charge in [-0.15, -0.1) is 0 Å².